The Morgan fingerprint density at radius 2 is 0.846 bits per heavy atom. The van der Waals surface area contributed by atoms with Crippen molar-refractivity contribution in [1.29, 1.82) is 0 Å². The fraction of sp³-hybridized carbons (Fsp3) is 0.778. The molecule has 0 aromatic heterocycles. The lowest BCUT2D eigenvalue weighted by Crippen LogP contribution is -2.55. The summed E-state index contributed by atoms with van der Waals surface area (Å²) in [5.74, 6) is -5.12. The average Bonchev–Trinajstić information content (AvgIpc) is 2.89. The smallest absolute Gasteiger partial charge is 0.329 e. The van der Waals surface area contributed by atoms with Crippen LogP contribution in [0.25, 0.3) is 0 Å². The molecule has 0 saturated carbocycles. The summed E-state index contributed by atoms with van der Waals surface area (Å²) in [5.41, 5.74) is 0. The summed E-state index contributed by atoms with van der Waals surface area (Å²) in [6, 6.07) is -3.24. The first-order chi connectivity index (χ1) is 18.0. The first kappa shape index (κ1) is 33.8. The largest absolute Gasteiger partial charge is 0.451 e. The van der Waals surface area contributed by atoms with Crippen LogP contribution in [0, 0.1) is 11.8 Å². The number of amides is 3. The minimum atomic E-state index is -1.28. The first-order valence-electron chi connectivity index (χ1n) is 13.4. The molecule has 0 aromatic carbocycles. The van der Waals surface area contributed by atoms with E-state index in [0.717, 1.165) is 14.7 Å². The van der Waals surface area contributed by atoms with Crippen LogP contribution in [0.3, 0.4) is 0 Å². The molecule has 0 unspecified atom stereocenters. The number of carbonyl (C=O) groups excluding carboxylic acids is 6. The summed E-state index contributed by atoms with van der Waals surface area (Å²) < 4.78 is 16.3. The van der Waals surface area contributed by atoms with Crippen LogP contribution in [0.15, 0.2) is 0 Å². The summed E-state index contributed by atoms with van der Waals surface area (Å²) in [6.45, 7) is 12.7. The molecule has 0 radical (unpaired) electrons. The fourth-order valence-electron chi connectivity index (χ4n) is 4.39. The Kier molecular flexibility index (Phi) is 12.4. The van der Waals surface area contributed by atoms with Crippen LogP contribution in [0.4, 0.5) is 0 Å². The zero-order chi connectivity index (χ0) is 30.4. The van der Waals surface area contributed by atoms with E-state index >= 15 is 0 Å². The maximum atomic E-state index is 13.3. The number of cyclic esters (lactones) is 3. The maximum Gasteiger partial charge on any atom is 0.329 e. The van der Waals surface area contributed by atoms with Gasteiger partial charge in [0.05, 0.1) is 0 Å². The predicted molar refractivity (Wildman–Crippen MR) is 141 cm³/mol. The molecule has 1 saturated heterocycles. The average molecular weight is 556 g/mol. The van der Waals surface area contributed by atoms with Gasteiger partial charge in [0.15, 0.2) is 18.3 Å². The van der Waals surface area contributed by atoms with Gasteiger partial charge < -0.3 is 28.9 Å². The third-order valence-electron chi connectivity index (χ3n) is 7.57. The normalized spacial score (nSPS) is 30.7. The Balaban J connectivity index is 3.57. The molecule has 3 amide bonds. The van der Waals surface area contributed by atoms with Crippen molar-refractivity contribution in [2.24, 2.45) is 11.8 Å². The van der Waals surface area contributed by atoms with Gasteiger partial charge in [-0.15, -0.1) is 0 Å². The standard InChI is InChI=1S/C27H45N3O9/c1-12-14(3)20-26(35)38-17(6)22(31)28(9)16(5)25(34)37-18(7)23(32)29(10)21(15(4)13-2)27(36)39-19(8)24(33)30(20)11/h14-21H,12-13H2,1-11H3/t14-,15-,16-,17+,18-,19+,20-,21-/m0/s1. The van der Waals surface area contributed by atoms with Crippen LogP contribution in [0.5, 0.6) is 0 Å². The van der Waals surface area contributed by atoms with Crippen LogP contribution in [-0.4, -0.2) is 108 Å². The van der Waals surface area contributed by atoms with Gasteiger partial charge in [0, 0.05) is 21.1 Å². The van der Waals surface area contributed by atoms with Crippen LogP contribution >= 0.6 is 0 Å². The third kappa shape index (κ3) is 7.92. The lowest BCUT2D eigenvalue weighted by atomic mass is 9.97. The number of likely N-dealkylation sites (N-methyl/N-ethyl adjacent to an activating group) is 3. The second kappa shape index (κ2) is 14.3. The van der Waals surface area contributed by atoms with Crippen molar-refractivity contribution in [3.8, 4) is 0 Å². The Hall–Kier alpha value is -3.18. The lowest BCUT2D eigenvalue weighted by molar-refractivity contribution is -0.176. The molecular weight excluding hydrogens is 510 g/mol. The molecule has 1 fully saturated rings. The van der Waals surface area contributed by atoms with Crippen molar-refractivity contribution >= 4 is 35.6 Å². The second-order valence-electron chi connectivity index (χ2n) is 10.4. The van der Waals surface area contributed by atoms with Crippen LogP contribution < -0.4 is 0 Å². The summed E-state index contributed by atoms with van der Waals surface area (Å²) in [7, 11) is 4.16. The topological polar surface area (TPSA) is 140 Å². The van der Waals surface area contributed by atoms with E-state index in [9.17, 15) is 28.8 Å². The minimum absolute atomic E-state index is 0.355. The Bertz CT molecular complexity index is 931. The molecular formula is C27H45N3O9. The van der Waals surface area contributed by atoms with E-state index in [0.29, 0.717) is 12.8 Å². The van der Waals surface area contributed by atoms with Gasteiger partial charge in [-0.05, 0) is 39.5 Å². The summed E-state index contributed by atoms with van der Waals surface area (Å²) >= 11 is 0. The Labute approximate surface area is 231 Å². The van der Waals surface area contributed by atoms with Crippen LogP contribution in [-0.2, 0) is 43.0 Å². The number of nitrogens with zero attached hydrogens (tertiary/aromatic N) is 3. The van der Waals surface area contributed by atoms with Crippen molar-refractivity contribution in [3.05, 3.63) is 0 Å². The fourth-order valence-corrected chi connectivity index (χ4v) is 4.39. The van der Waals surface area contributed by atoms with Gasteiger partial charge in [0.2, 0.25) is 0 Å². The van der Waals surface area contributed by atoms with Crippen molar-refractivity contribution in [1.82, 2.24) is 14.7 Å². The van der Waals surface area contributed by atoms with Gasteiger partial charge >= 0.3 is 17.9 Å². The number of rotatable bonds is 4. The van der Waals surface area contributed by atoms with E-state index in [2.05, 4.69) is 0 Å². The summed E-state index contributed by atoms with van der Waals surface area (Å²) in [4.78, 5) is 82.2. The second-order valence-corrected chi connectivity index (χ2v) is 10.4. The van der Waals surface area contributed by atoms with E-state index in [1.165, 1.54) is 48.8 Å². The molecule has 1 heterocycles. The highest BCUT2D eigenvalue weighted by Gasteiger charge is 2.41. The Morgan fingerprint density at radius 1 is 0.564 bits per heavy atom. The van der Waals surface area contributed by atoms with Gasteiger partial charge in [-0.2, -0.15) is 0 Å². The van der Waals surface area contributed by atoms with E-state index < -0.39 is 72.1 Å². The van der Waals surface area contributed by atoms with Gasteiger partial charge in [-0.25, -0.2) is 14.4 Å². The molecule has 39 heavy (non-hydrogen) atoms. The van der Waals surface area contributed by atoms with Gasteiger partial charge in [-0.1, -0.05) is 40.5 Å². The monoisotopic (exact) mass is 555 g/mol. The molecule has 8 atom stereocenters. The van der Waals surface area contributed by atoms with Crippen LogP contribution in [0.2, 0.25) is 0 Å². The molecule has 0 aromatic rings. The predicted octanol–water partition coefficient (Wildman–Crippen LogP) is 1.39. The number of hydrogen-bond donors (Lipinski definition) is 0. The Morgan fingerprint density at radius 3 is 1.15 bits per heavy atom. The molecule has 12 heteroatoms. The van der Waals surface area contributed by atoms with E-state index in [1.807, 2.05) is 13.8 Å². The first-order valence-corrected chi connectivity index (χ1v) is 13.4. The highest BCUT2D eigenvalue weighted by Crippen LogP contribution is 2.21. The highest BCUT2D eigenvalue weighted by molar-refractivity contribution is 5.93. The van der Waals surface area contributed by atoms with E-state index in [-0.39, 0.29) is 11.8 Å². The quantitative estimate of drug-likeness (QED) is 0.372. The molecule has 1 rings (SSSR count). The lowest BCUT2D eigenvalue weighted by Gasteiger charge is -2.35. The molecule has 1 aliphatic heterocycles. The van der Waals surface area contributed by atoms with Gasteiger partial charge in [0.1, 0.15) is 18.1 Å². The SMILES string of the molecule is CC[C@H](C)[C@H]1C(=O)O[C@H](C)C(=O)N(C)[C@@H]([C@@H](C)CC)C(=O)O[C@H](C)C(=O)N(C)[C@@H](C)C(=O)O[C@@H](C)C(=O)N1C. The number of esters is 3. The molecule has 0 bridgehead atoms. The van der Waals surface area contributed by atoms with Crippen molar-refractivity contribution in [3.63, 3.8) is 0 Å². The van der Waals surface area contributed by atoms with Crippen molar-refractivity contribution in [2.75, 3.05) is 21.1 Å². The summed E-state index contributed by atoms with van der Waals surface area (Å²) in [5, 5.41) is 0. The van der Waals surface area contributed by atoms with Gasteiger partial charge in [0.25, 0.3) is 17.7 Å². The zero-order valence-corrected chi connectivity index (χ0v) is 25.0. The molecule has 12 nitrogen and oxygen atoms in total. The maximum absolute atomic E-state index is 13.3. The van der Waals surface area contributed by atoms with E-state index in [4.69, 9.17) is 14.2 Å². The molecule has 0 aliphatic carbocycles. The van der Waals surface area contributed by atoms with Gasteiger partial charge in [-0.3, -0.25) is 14.4 Å². The minimum Gasteiger partial charge on any atom is -0.451 e. The van der Waals surface area contributed by atoms with Crippen molar-refractivity contribution < 1.29 is 43.0 Å². The summed E-state index contributed by atoms with van der Waals surface area (Å²) in [6.07, 6.45) is -2.81. The third-order valence-corrected chi connectivity index (χ3v) is 7.57. The molecule has 222 valence electrons. The molecule has 0 spiro atoms. The number of hydrogen-bond acceptors (Lipinski definition) is 9. The van der Waals surface area contributed by atoms with E-state index in [1.54, 1.807) is 13.8 Å². The van der Waals surface area contributed by atoms with Crippen molar-refractivity contribution in [2.45, 2.75) is 105 Å². The van der Waals surface area contributed by atoms with Crippen LogP contribution in [0.1, 0.15) is 68.2 Å². The highest BCUT2D eigenvalue weighted by atomic mass is 16.6. The number of ether oxygens (including phenoxy) is 3. The zero-order valence-electron chi connectivity index (χ0n) is 25.0. The molecule has 1 aliphatic rings. The number of carbonyl (C=O) groups is 6. The molecule has 0 N–H and O–H groups in total.